The van der Waals surface area contributed by atoms with Crippen molar-refractivity contribution in [3.8, 4) is 16.9 Å². The first-order valence-electron chi connectivity index (χ1n) is 8.40. The van der Waals surface area contributed by atoms with Crippen molar-refractivity contribution < 1.29 is 0 Å². The second kappa shape index (κ2) is 7.85. The summed E-state index contributed by atoms with van der Waals surface area (Å²) in [6.07, 6.45) is 7.24. The van der Waals surface area contributed by atoms with E-state index in [2.05, 4.69) is 15.5 Å². The maximum atomic E-state index is 5.91. The zero-order valence-corrected chi connectivity index (χ0v) is 15.1. The normalized spacial score (nSPS) is 11.0. The Kier molecular flexibility index (Phi) is 4.94. The van der Waals surface area contributed by atoms with Gasteiger partial charge in [0.05, 0.1) is 17.6 Å². The van der Waals surface area contributed by atoms with Gasteiger partial charge in [-0.25, -0.2) is 4.68 Å². The van der Waals surface area contributed by atoms with Gasteiger partial charge < -0.3 is 0 Å². The number of nitrogens with zero attached hydrogens (tertiary/aromatic N) is 4. The summed E-state index contributed by atoms with van der Waals surface area (Å²) in [4.78, 5) is 4.20. The van der Waals surface area contributed by atoms with Crippen molar-refractivity contribution in [3.63, 3.8) is 0 Å². The van der Waals surface area contributed by atoms with E-state index >= 15 is 0 Å². The zero-order valence-electron chi connectivity index (χ0n) is 14.3. The van der Waals surface area contributed by atoms with Gasteiger partial charge in [-0.3, -0.25) is 10.4 Å². The molecule has 2 aromatic heterocycles. The Morgan fingerprint density at radius 1 is 0.963 bits per heavy atom. The topological polar surface area (TPSA) is 55.1 Å². The van der Waals surface area contributed by atoms with E-state index in [0.29, 0.717) is 5.02 Å². The molecule has 2 heterocycles. The lowest BCUT2D eigenvalue weighted by molar-refractivity contribution is 0.884. The van der Waals surface area contributed by atoms with E-state index in [9.17, 15) is 0 Å². The molecule has 0 bridgehead atoms. The molecule has 0 amide bonds. The first-order chi connectivity index (χ1) is 13.3. The zero-order chi connectivity index (χ0) is 18.5. The number of rotatable bonds is 5. The predicted molar refractivity (Wildman–Crippen MR) is 109 cm³/mol. The van der Waals surface area contributed by atoms with E-state index in [1.165, 1.54) is 0 Å². The van der Waals surface area contributed by atoms with Crippen molar-refractivity contribution in [2.75, 3.05) is 5.43 Å². The van der Waals surface area contributed by atoms with Crippen LogP contribution in [0.5, 0.6) is 0 Å². The van der Waals surface area contributed by atoms with Gasteiger partial charge in [-0.15, -0.1) is 0 Å². The van der Waals surface area contributed by atoms with Gasteiger partial charge in [0.15, 0.2) is 0 Å². The van der Waals surface area contributed by atoms with E-state index in [0.717, 1.165) is 28.2 Å². The molecule has 0 atom stereocenters. The standard InChI is InChI=1S/C21H16ClN5/c22-18-8-10-19(11-9-18)25-24-14-17-15-27(20-6-2-1-3-7-20)26-21(17)16-5-4-12-23-13-16/h1-15,25H. The fraction of sp³-hybridized carbons (Fsp3) is 0. The molecule has 0 spiro atoms. The van der Waals surface area contributed by atoms with Crippen LogP contribution >= 0.6 is 11.6 Å². The summed E-state index contributed by atoms with van der Waals surface area (Å²) in [6.45, 7) is 0. The molecule has 0 aliphatic rings. The molecule has 0 unspecified atom stereocenters. The molecule has 132 valence electrons. The monoisotopic (exact) mass is 373 g/mol. The molecule has 4 aromatic rings. The minimum absolute atomic E-state index is 0.688. The van der Waals surface area contributed by atoms with Gasteiger partial charge in [-0.1, -0.05) is 29.8 Å². The van der Waals surface area contributed by atoms with Gasteiger partial charge in [-0.2, -0.15) is 10.2 Å². The van der Waals surface area contributed by atoms with Crippen LogP contribution in [0.3, 0.4) is 0 Å². The first kappa shape index (κ1) is 17.0. The summed E-state index contributed by atoms with van der Waals surface area (Å²) in [6, 6.07) is 21.2. The highest BCUT2D eigenvalue weighted by molar-refractivity contribution is 6.30. The number of hydrazone groups is 1. The van der Waals surface area contributed by atoms with Crippen molar-refractivity contribution in [2.45, 2.75) is 0 Å². The van der Waals surface area contributed by atoms with Crippen molar-refractivity contribution in [1.82, 2.24) is 14.8 Å². The van der Waals surface area contributed by atoms with Crippen molar-refractivity contribution >= 4 is 23.5 Å². The van der Waals surface area contributed by atoms with Gasteiger partial charge in [0.25, 0.3) is 0 Å². The lowest BCUT2D eigenvalue weighted by Crippen LogP contribution is -1.94. The largest absolute Gasteiger partial charge is 0.279 e. The van der Waals surface area contributed by atoms with Crippen LogP contribution in [0.1, 0.15) is 5.56 Å². The highest BCUT2D eigenvalue weighted by atomic mass is 35.5. The number of aromatic nitrogens is 3. The van der Waals surface area contributed by atoms with E-state index < -0.39 is 0 Å². The third kappa shape index (κ3) is 4.04. The second-order valence-corrected chi connectivity index (χ2v) is 6.27. The molecule has 1 N–H and O–H groups in total. The van der Waals surface area contributed by atoms with E-state index in [1.54, 1.807) is 18.6 Å². The highest BCUT2D eigenvalue weighted by Gasteiger charge is 2.11. The van der Waals surface area contributed by atoms with Crippen molar-refractivity contribution in [2.24, 2.45) is 5.10 Å². The van der Waals surface area contributed by atoms with Crippen LogP contribution in [0.4, 0.5) is 5.69 Å². The molecular weight excluding hydrogens is 358 g/mol. The van der Waals surface area contributed by atoms with Gasteiger partial charge in [0.2, 0.25) is 0 Å². The fourth-order valence-corrected chi connectivity index (χ4v) is 2.75. The SMILES string of the molecule is Clc1ccc(NN=Cc2cn(-c3ccccc3)nc2-c2cccnc2)cc1. The Morgan fingerprint density at radius 3 is 2.52 bits per heavy atom. The average molecular weight is 374 g/mol. The first-order valence-corrected chi connectivity index (χ1v) is 8.77. The average Bonchev–Trinajstić information content (AvgIpc) is 3.15. The summed E-state index contributed by atoms with van der Waals surface area (Å²) < 4.78 is 1.84. The van der Waals surface area contributed by atoms with Gasteiger partial charge in [-0.05, 0) is 48.5 Å². The predicted octanol–water partition coefficient (Wildman–Crippen LogP) is 5.03. The lowest BCUT2D eigenvalue weighted by atomic mass is 10.1. The number of nitrogens with one attached hydrogen (secondary N) is 1. The van der Waals surface area contributed by atoms with E-state index in [-0.39, 0.29) is 0 Å². The molecule has 0 fully saturated rings. The van der Waals surface area contributed by atoms with Gasteiger partial charge >= 0.3 is 0 Å². The number of halogens is 1. The Labute approximate surface area is 162 Å². The number of benzene rings is 2. The Morgan fingerprint density at radius 2 is 1.78 bits per heavy atom. The Balaban J connectivity index is 1.66. The van der Waals surface area contributed by atoms with Gasteiger partial charge in [0.1, 0.15) is 5.69 Å². The lowest BCUT2D eigenvalue weighted by Gasteiger charge is -2.00. The smallest absolute Gasteiger partial charge is 0.103 e. The van der Waals surface area contributed by atoms with Crippen LogP contribution in [0.25, 0.3) is 16.9 Å². The molecule has 0 aliphatic heterocycles. The number of anilines is 1. The number of para-hydroxylation sites is 1. The summed E-state index contributed by atoms with van der Waals surface area (Å²) in [5.74, 6) is 0. The Bertz CT molecular complexity index is 1040. The minimum atomic E-state index is 0.688. The third-order valence-corrected chi connectivity index (χ3v) is 4.19. The van der Waals surface area contributed by atoms with Crippen LogP contribution in [0.2, 0.25) is 5.02 Å². The molecule has 5 nitrogen and oxygen atoms in total. The van der Waals surface area contributed by atoms with Crippen molar-refractivity contribution in [1.29, 1.82) is 0 Å². The van der Waals surface area contributed by atoms with Crippen LogP contribution in [0.15, 0.2) is 90.4 Å². The molecule has 0 aliphatic carbocycles. The summed E-state index contributed by atoms with van der Waals surface area (Å²) >= 11 is 5.91. The molecule has 0 radical (unpaired) electrons. The molecule has 27 heavy (non-hydrogen) atoms. The summed E-state index contributed by atoms with van der Waals surface area (Å²) in [7, 11) is 0. The maximum Gasteiger partial charge on any atom is 0.103 e. The summed E-state index contributed by atoms with van der Waals surface area (Å²) in [5, 5.41) is 9.76. The molecule has 0 saturated heterocycles. The summed E-state index contributed by atoms with van der Waals surface area (Å²) in [5.41, 5.74) is 7.47. The van der Waals surface area contributed by atoms with Crippen LogP contribution < -0.4 is 5.43 Å². The van der Waals surface area contributed by atoms with E-state index in [4.69, 9.17) is 16.7 Å². The quantitative estimate of drug-likeness (QED) is 0.394. The fourth-order valence-electron chi connectivity index (χ4n) is 2.62. The number of hydrogen-bond donors (Lipinski definition) is 1. The van der Waals surface area contributed by atoms with E-state index in [1.807, 2.05) is 77.6 Å². The third-order valence-electron chi connectivity index (χ3n) is 3.94. The van der Waals surface area contributed by atoms with Crippen molar-refractivity contribution in [3.05, 3.63) is 95.9 Å². The molecule has 6 heteroatoms. The van der Waals surface area contributed by atoms with Crippen LogP contribution in [0, 0.1) is 0 Å². The molecular formula is C21H16ClN5. The minimum Gasteiger partial charge on any atom is -0.279 e. The molecule has 2 aromatic carbocycles. The number of hydrogen-bond acceptors (Lipinski definition) is 4. The highest BCUT2D eigenvalue weighted by Crippen LogP contribution is 2.22. The second-order valence-electron chi connectivity index (χ2n) is 5.83. The van der Waals surface area contributed by atoms with Crippen LogP contribution in [-0.4, -0.2) is 21.0 Å². The molecule has 0 saturated carbocycles. The maximum absolute atomic E-state index is 5.91. The van der Waals surface area contributed by atoms with Crippen LogP contribution in [-0.2, 0) is 0 Å². The van der Waals surface area contributed by atoms with Gasteiger partial charge in [0, 0.05) is 34.7 Å². The Hall–Kier alpha value is -3.44. The number of pyridine rings is 1. The molecule has 4 rings (SSSR count).